The first kappa shape index (κ1) is 11.9. The normalized spacial score (nSPS) is 10.8. The van der Waals surface area contributed by atoms with Gasteiger partial charge in [-0.15, -0.1) is 0 Å². The number of hydrogen-bond donors (Lipinski definition) is 0. The lowest BCUT2D eigenvalue weighted by molar-refractivity contribution is 0.961. The molecule has 19 heavy (non-hydrogen) atoms. The zero-order chi connectivity index (χ0) is 13.4. The van der Waals surface area contributed by atoms with Gasteiger partial charge < -0.3 is 0 Å². The maximum Gasteiger partial charge on any atom is 0.265 e. The molecular formula is C15H11ClN2O. The van der Waals surface area contributed by atoms with Crippen molar-refractivity contribution in [3.8, 4) is 5.69 Å². The monoisotopic (exact) mass is 270 g/mol. The predicted octanol–water partition coefficient (Wildman–Crippen LogP) is 3.35. The van der Waals surface area contributed by atoms with Gasteiger partial charge >= 0.3 is 0 Å². The molecule has 0 aliphatic carbocycles. The van der Waals surface area contributed by atoms with E-state index in [-0.39, 0.29) is 5.56 Å². The fourth-order valence-electron chi connectivity index (χ4n) is 2.11. The van der Waals surface area contributed by atoms with Crippen molar-refractivity contribution >= 4 is 22.5 Å². The number of rotatable bonds is 1. The van der Waals surface area contributed by atoms with Crippen LogP contribution in [0.2, 0.25) is 5.02 Å². The summed E-state index contributed by atoms with van der Waals surface area (Å²) in [6.07, 6.45) is 1.54. The maximum atomic E-state index is 12.5. The molecule has 0 spiro atoms. The highest BCUT2D eigenvalue weighted by atomic mass is 35.5. The van der Waals surface area contributed by atoms with Crippen LogP contribution in [0.25, 0.3) is 16.6 Å². The molecule has 0 bridgehead atoms. The van der Waals surface area contributed by atoms with Gasteiger partial charge in [0.2, 0.25) is 0 Å². The first-order valence-electron chi connectivity index (χ1n) is 5.90. The second-order valence-electron chi connectivity index (χ2n) is 4.37. The van der Waals surface area contributed by atoms with E-state index in [0.29, 0.717) is 16.1 Å². The van der Waals surface area contributed by atoms with Gasteiger partial charge in [0, 0.05) is 5.02 Å². The van der Waals surface area contributed by atoms with E-state index in [1.807, 2.05) is 31.2 Å². The van der Waals surface area contributed by atoms with E-state index in [9.17, 15) is 4.79 Å². The minimum Gasteiger partial charge on any atom is -0.268 e. The Kier molecular flexibility index (Phi) is 2.84. The van der Waals surface area contributed by atoms with Crippen LogP contribution in [0.1, 0.15) is 5.56 Å². The molecule has 0 saturated heterocycles. The lowest BCUT2D eigenvalue weighted by Gasteiger charge is -2.07. The first-order valence-corrected chi connectivity index (χ1v) is 6.27. The third-order valence-electron chi connectivity index (χ3n) is 3.08. The molecule has 0 amide bonds. The molecule has 2 aromatic carbocycles. The zero-order valence-corrected chi connectivity index (χ0v) is 11.1. The van der Waals surface area contributed by atoms with Crippen LogP contribution in [-0.4, -0.2) is 9.55 Å². The fourth-order valence-corrected chi connectivity index (χ4v) is 2.29. The SMILES string of the molecule is Cc1cccc2c(=O)n(-c3cccc(Cl)c3)cnc12. The quantitative estimate of drug-likeness (QED) is 0.680. The second-order valence-corrected chi connectivity index (χ2v) is 4.81. The van der Waals surface area contributed by atoms with Gasteiger partial charge in [0.05, 0.1) is 16.6 Å². The highest BCUT2D eigenvalue weighted by Gasteiger charge is 2.07. The number of para-hydroxylation sites is 1. The largest absolute Gasteiger partial charge is 0.268 e. The van der Waals surface area contributed by atoms with Gasteiger partial charge in [0.25, 0.3) is 5.56 Å². The Bertz CT molecular complexity index is 824. The summed E-state index contributed by atoms with van der Waals surface area (Å²) in [5.41, 5.74) is 2.36. The van der Waals surface area contributed by atoms with Crippen LogP contribution in [0, 0.1) is 6.92 Å². The van der Waals surface area contributed by atoms with Crippen molar-refractivity contribution in [1.82, 2.24) is 9.55 Å². The van der Waals surface area contributed by atoms with E-state index in [4.69, 9.17) is 11.6 Å². The zero-order valence-electron chi connectivity index (χ0n) is 10.3. The third-order valence-corrected chi connectivity index (χ3v) is 3.31. The number of fused-ring (bicyclic) bond motifs is 1. The first-order chi connectivity index (χ1) is 9.16. The van der Waals surface area contributed by atoms with Crippen molar-refractivity contribution in [1.29, 1.82) is 0 Å². The molecule has 0 aliphatic rings. The average Bonchev–Trinajstić information content (AvgIpc) is 2.40. The fraction of sp³-hybridized carbons (Fsp3) is 0.0667. The molecule has 4 heteroatoms. The molecule has 1 heterocycles. The summed E-state index contributed by atoms with van der Waals surface area (Å²) in [6.45, 7) is 1.94. The molecule has 0 atom stereocenters. The van der Waals surface area contributed by atoms with Gasteiger partial charge in [-0.05, 0) is 36.8 Å². The molecule has 1 aromatic heterocycles. The Morgan fingerprint density at radius 2 is 1.95 bits per heavy atom. The van der Waals surface area contributed by atoms with Crippen LogP contribution >= 0.6 is 11.6 Å². The smallest absolute Gasteiger partial charge is 0.265 e. The van der Waals surface area contributed by atoms with E-state index >= 15 is 0 Å². The molecule has 0 unspecified atom stereocenters. The summed E-state index contributed by atoms with van der Waals surface area (Å²) in [4.78, 5) is 16.8. The Morgan fingerprint density at radius 3 is 2.74 bits per heavy atom. The number of halogens is 1. The van der Waals surface area contributed by atoms with Crippen molar-refractivity contribution in [3.05, 3.63) is 69.7 Å². The van der Waals surface area contributed by atoms with Crippen LogP contribution < -0.4 is 5.56 Å². The van der Waals surface area contributed by atoms with Crippen LogP contribution in [0.3, 0.4) is 0 Å². The molecule has 0 fully saturated rings. The van der Waals surface area contributed by atoms with Crippen LogP contribution in [0.5, 0.6) is 0 Å². The van der Waals surface area contributed by atoms with Crippen molar-refractivity contribution in [2.24, 2.45) is 0 Å². The third kappa shape index (κ3) is 2.02. The minimum absolute atomic E-state index is 0.0871. The van der Waals surface area contributed by atoms with Gasteiger partial charge in [-0.3, -0.25) is 9.36 Å². The van der Waals surface area contributed by atoms with E-state index in [2.05, 4.69) is 4.98 Å². The summed E-state index contributed by atoms with van der Waals surface area (Å²) >= 11 is 5.95. The van der Waals surface area contributed by atoms with Crippen LogP contribution in [0.15, 0.2) is 53.6 Å². The van der Waals surface area contributed by atoms with Crippen molar-refractivity contribution < 1.29 is 0 Å². The molecule has 3 nitrogen and oxygen atoms in total. The highest BCUT2D eigenvalue weighted by Crippen LogP contribution is 2.15. The molecule has 3 rings (SSSR count). The second kappa shape index (κ2) is 4.52. The molecule has 0 N–H and O–H groups in total. The molecule has 0 saturated carbocycles. The van der Waals surface area contributed by atoms with Crippen LogP contribution in [0.4, 0.5) is 0 Å². The topological polar surface area (TPSA) is 34.9 Å². The summed E-state index contributed by atoms with van der Waals surface area (Å²) in [5, 5.41) is 1.20. The molecular weight excluding hydrogens is 260 g/mol. The van der Waals surface area contributed by atoms with Gasteiger partial charge in [0.15, 0.2) is 0 Å². The lowest BCUT2D eigenvalue weighted by Crippen LogP contribution is -2.19. The summed E-state index contributed by atoms with van der Waals surface area (Å²) in [5.74, 6) is 0. The van der Waals surface area contributed by atoms with E-state index in [0.717, 1.165) is 11.1 Å². The summed E-state index contributed by atoms with van der Waals surface area (Å²) in [6, 6.07) is 12.8. The number of nitrogens with zero attached hydrogens (tertiary/aromatic N) is 2. The van der Waals surface area contributed by atoms with Gasteiger partial charge in [-0.1, -0.05) is 29.8 Å². The summed E-state index contributed by atoms with van der Waals surface area (Å²) < 4.78 is 1.51. The Hall–Kier alpha value is -2.13. The predicted molar refractivity (Wildman–Crippen MR) is 77.1 cm³/mol. The maximum absolute atomic E-state index is 12.5. The number of hydrogen-bond acceptors (Lipinski definition) is 2. The highest BCUT2D eigenvalue weighted by molar-refractivity contribution is 6.30. The number of aryl methyl sites for hydroxylation is 1. The number of aromatic nitrogens is 2. The minimum atomic E-state index is -0.0871. The van der Waals surface area contributed by atoms with Crippen molar-refractivity contribution in [2.45, 2.75) is 6.92 Å². The summed E-state index contributed by atoms with van der Waals surface area (Å²) in [7, 11) is 0. The van der Waals surface area contributed by atoms with E-state index in [1.54, 1.807) is 24.5 Å². The molecule has 0 radical (unpaired) electrons. The van der Waals surface area contributed by atoms with Crippen LogP contribution in [-0.2, 0) is 0 Å². The molecule has 3 aromatic rings. The van der Waals surface area contributed by atoms with Gasteiger partial charge in [-0.25, -0.2) is 4.98 Å². The lowest BCUT2D eigenvalue weighted by atomic mass is 10.1. The molecule has 94 valence electrons. The van der Waals surface area contributed by atoms with E-state index < -0.39 is 0 Å². The van der Waals surface area contributed by atoms with Crippen molar-refractivity contribution in [3.63, 3.8) is 0 Å². The van der Waals surface area contributed by atoms with Crippen molar-refractivity contribution in [2.75, 3.05) is 0 Å². The van der Waals surface area contributed by atoms with E-state index in [1.165, 1.54) is 4.57 Å². The van der Waals surface area contributed by atoms with Gasteiger partial charge in [-0.2, -0.15) is 0 Å². The van der Waals surface area contributed by atoms with Gasteiger partial charge in [0.1, 0.15) is 6.33 Å². The number of benzene rings is 2. The average molecular weight is 271 g/mol. The Labute approximate surface area is 115 Å². The Morgan fingerprint density at radius 1 is 1.16 bits per heavy atom. The Balaban J connectivity index is 2.33. The standard InChI is InChI=1S/C15H11ClN2O/c1-10-4-2-7-13-14(10)17-9-18(15(13)19)12-6-3-5-11(16)8-12/h2-9H,1H3. The molecule has 0 aliphatic heterocycles.